The minimum Gasteiger partial charge on any atom is -0.460 e. The van der Waals surface area contributed by atoms with Crippen LogP contribution in [0.25, 0.3) is 11.3 Å². The second kappa shape index (κ2) is 12.4. The van der Waals surface area contributed by atoms with E-state index >= 15 is 0 Å². The van der Waals surface area contributed by atoms with Gasteiger partial charge in [0.15, 0.2) is 0 Å². The number of piperazine rings is 1. The number of rotatable bonds is 8. The number of amides is 2. The number of unbranched alkanes of at least 4 members (excludes halogenated alkanes) is 1. The summed E-state index contributed by atoms with van der Waals surface area (Å²) < 4.78 is 45.6. The van der Waals surface area contributed by atoms with Gasteiger partial charge in [-0.05, 0) is 61.9 Å². The summed E-state index contributed by atoms with van der Waals surface area (Å²) in [5, 5.41) is 3.31. The first-order valence-electron chi connectivity index (χ1n) is 14.9. The molecule has 2 aromatic rings. The van der Waals surface area contributed by atoms with Gasteiger partial charge < -0.3 is 14.6 Å². The van der Waals surface area contributed by atoms with E-state index in [0.717, 1.165) is 44.2 Å². The molecule has 10 heteroatoms. The van der Waals surface area contributed by atoms with E-state index in [9.17, 15) is 22.8 Å². The van der Waals surface area contributed by atoms with Crippen molar-refractivity contribution in [3.05, 3.63) is 46.7 Å². The minimum absolute atomic E-state index is 0.0341. The molecule has 0 bridgehead atoms. The number of furan rings is 1. The van der Waals surface area contributed by atoms with Gasteiger partial charge in [-0.2, -0.15) is 13.2 Å². The maximum Gasteiger partial charge on any atom is 0.416 e. The zero-order chi connectivity index (χ0) is 29.2. The lowest BCUT2D eigenvalue weighted by Crippen LogP contribution is -2.73. The molecule has 224 valence electrons. The van der Waals surface area contributed by atoms with Crippen LogP contribution in [0.5, 0.6) is 0 Å². The Kier molecular flexibility index (Phi) is 9.04. The van der Waals surface area contributed by atoms with Gasteiger partial charge >= 0.3 is 6.18 Å². The first-order valence-corrected chi connectivity index (χ1v) is 15.3. The quantitative estimate of drug-likeness (QED) is 0.356. The Morgan fingerprint density at radius 1 is 1.07 bits per heavy atom. The number of nitrogens with zero attached hydrogens (tertiary/aromatic N) is 2. The molecule has 1 saturated carbocycles. The fourth-order valence-electron chi connectivity index (χ4n) is 6.73. The second-order valence-corrected chi connectivity index (χ2v) is 12.3. The molecule has 3 fully saturated rings. The molecule has 3 heterocycles. The fraction of sp³-hybridized carbons (Fsp3) is 0.613. The molecular formula is C31H39ClF3N3O3. The number of benzene rings is 1. The molecule has 1 aliphatic carbocycles. The number of hydrogen-bond acceptors (Lipinski definition) is 4. The van der Waals surface area contributed by atoms with Crippen molar-refractivity contribution in [2.45, 2.75) is 95.4 Å². The van der Waals surface area contributed by atoms with E-state index in [4.69, 9.17) is 16.0 Å². The summed E-state index contributed by atoms with van der Waals surface area (Å²) in [5.74, 6) is 1.39. The number of alkyl halides is 3. The van der Waals surface area contributed by atoms with Gasteiger partial charge in [0.05, 0.1) is 17.1 Å². The van der Waals surface area contributed by atoms with Crippen LogP contribution in [0.4, 0.5) is 13.2 Å². The summed E-state index contributed by atoms with van der Waals surface area (Å²) in [6.45, 7) is 4.31. The van der Waals surface area contributed by atoms with E-state index in [1.54, 1.807) is 12.1 Å². The summed E-state index contributed by atoms with van der Waals surface area (Å²) in [4.78, 5) is 31.5. The third-order valence-electron chi connectivity index (χ3n) is 9.12. The highest BCUT2D eigenvalue weighted by molar-refractivity contribution is 6.33. The van der Waals surface area contributed by atoms with Gasteiger partial charge in [-0.1, -0.05) is 57.0 Å². The number of hydrogen-bond donors (Lipinski definition) is 1. The van der Waals surface area contributed by atoms with Crippen LogP contribution in [-0.2, 0) is 22.3 Å². The maximum absolute atomic E-state index is 13.7. The molecule has 2 amide bonds. The topological polar surface area (TPSA) is 65.8 Å². The van der Waals surface area contributed by atoms with Crippen molar-refractivity contribution in [3.8, 4) is 11.3 Å². The van der Waals surface area contributed by atoms with Gasteiger partial charge in [0, 0.05) is 25.2 Å². The Labute approximate surface area is 244 Å². The fourth-order valence-corrected chi connectivity index (χ4v) is 6.94. The standard InChI is InChI=1S/C31H39ClF3N3O3/c1-2-3-15-38-28(39)26(18-21-7-5-4-6-8-21)36-29(40)30(38)13-16-37(17-14-30)20-23-10-12-27(41-23)24-19-22(31(33,34)35)9-11-25(24)32/h9-12,19,21,26H,2-8,13-18,20H2,1H3,(H,36,40). The van der Waals surface area contributed by atoms with E-state index in [-0.39, 0.29) is 28.2 Å². The normalized spacial score (nSPS) is 22.4. The number of piperidine rings is 1. The molecule has 1 N–H and O–H groups in total. The third-order valence-corrected chi connectivity index (χ3v) is 9.45. The average molecular weight is 594 g/mol. The summed E-state index contributed by atoms with van der Waals surface area (Å²) in [5.41, 5.74) is -1.44. The molecule has 3 aliphatic rings. The molecule has 6 nitrogen and oxygen atoms in total. The van der Waals surface area contributed by atoms with Crippen LogP contribution >= 0.6 is 11.6 Å². The molecule has 1 aromatic carbocycles. The lowest BCUT2D eigenvalue weighted by molar-refractivity contribution is -0.162. The smallest absolute Gasteiger partial charge is 0.416 e. The maximum atomic E-state index is 13.7. The van der Waals surface area contributed by atoms with Gasteiger partial charge in [-0.3, -0.25) is 14.5 Å². The average Bonchev–Trinajstić information content (AvgIpc) is 3.41. The van der Waals surface area contributed by atoms with E-state index in [1.165, 1.54) is 25.3 Å². The van der Waals surface area contributed by atoms with Crippen molar-refractivity contribution in [3.63, 3.8) is 0 Å². The Hall–Kier alpha value is -2.52. The van der Waals surface area contributed by atoms with Gasteiger partial charge in [0.1, 0.15) is 23.1 Å². The molecular weight excluding hydrogens is 555 g/mol. The number of carbonyl (C=O) groups excluding carboxylic acids is 2. The van der Waals surface area contributed by atoms with Crippen molar-refractivity contribution in [2.24, 2.45) is 5.92 Å². The Balaban J connectivity index is 1.25. The molecule has 1 unspecified atom stereocenters. The SMILES string of the molecule is CCCCN1C(=O)C(CC2CCCCC2)NC(=O)C12CCN(Cc1ccc(-c3cc(C(F)(F)F)ccc3Cl)o1)CC2. The Morgan fingerprint density at radius 3 is 2.49 bits per heavy atom. The summed E-state index contributed by atoms with van der Waals surface area (Å²) in [6.07, 6.45) is 5.00. The predicted molar refractivity (Wildman–Crippen MR) is 151 cm³/mol. The molecule has 0 radical (unpaired) electrons. The third kappa shape index (κ3) is 6.46. The predicted octanol–water partition coefficient (Wildman–Crippen LogP) is 7.05. The Morgan fingerprint density at radius 2 is 1.80 bits per heavy atom. The van der Waals surface area contributed by atoms with Crippen molar-refractivity contribution in [1.82, 2.24) is 15.1 Å². The molecule has 1 atom stereocenters. The number of carbonyl (C=O) groups is 2. The highest BCUT2D eigenvalue weighted by atomic mass is 35.5. The minimum atomic E-state index is -4.48. The van der Waals surface area contributed by atoms with E-state index in [1.807, 2.05) is 4.90 Å². The van der Waals surface area contributed by atoms with Crippen molar-refractivity contribution < 1.29 is 27.2 Å². The van der Waals surface area contributed by atoms with Crippen molar-refractivity contribution >= 4 is 23.4 Å². The van der Waals surface area contributed by atoms with E-state index < -0.39 is 23.3 Å². The summed E-state index contributed by atoms with van der Waals surface area (Å²) >= 11 is 6.20. The van der Waals surface area contributed by atoms with Gasteiger partial charge in [0.2, 0.25) is 11.8 Å². The number of likely N-dealkylation sites (tertiary alicyclic amines) is 1. The van der Waals surface area contributed by atoms with Gasteiger partial charge in [0.25, 0.3) is 0 Å². The molecule has 1 spiro atoms. The van der Waals surface area contributed by atoms with Crippen LogP contribution in [0, 0.1) is 5.92 Å². The van der Waals surface area contributed by atoms with Crippen LogP contribution in [0.2, 0.25) is 5.02 Å². The van der Waals surface area contributed by atoms with Crippen LogP contribution in [0.3, 0.4) is 0 Å². The van der Waals surface area contributed by atoms with Crippen LogP contribution < -0.4 is 5.32 Å². The lowest BCUT2D eigenvalue weighted by Gasteiger charge is -2.52. The highest BCUT2D eigenvalue weighted by Gasteiger charge is 2.53. The van der Waals surface area contributed by atoms with Crippen molar-refractivity contribution in [1.29, 1.82) is 0 Å². The lowest BCUT2D eigenvalue weighted by atomic mass is 9.79. The summed E-state index contributed by atoms with van der Waals surface area (Å²) in [6, 6.07) is 6.13. The molecule has 2 aliphatic heterocycles. The Bertz CT molecular complexity index is 1230. The van der Waals surface area contributed by atoms with Gasteiger partial charge in [-0.15, -0.1) is 0 Å². The molecule has 41 heavy (non-hydrogen) atoms. The van der Waals surface area contributed by atoms with Crippen molar-refractivity contribution in [2.75, 3.05) is 19.6 Å². The zero-order valence-corrected chi connectivity index (χ0v) is 24.3. The first kappa shape index (κ1) is 30.0. The van der Waals surface area contributed by atoms with E-state index in [2.05, 4.69) is 17.1 Å². The number of halogens is 4. The number of nitrogens with one attached hydrogen (secondary N) is 1. The van der Waals surface area contributed by atoms with Gasteiger partial charge in [-0.25, -0.2) is 0 Å². The van der Waals surface area contributed by atoms with Crippen LogP contribution in [0.1, 0.15) is 82.5 Å². The highest BCUT2D eigenvalue weighted by Crippen LogP contribution is 2.38. The van der Waals surface area contributed by atoms with Crippen LogP contribution in [-0.4, -0.2) is 52.8 Å². The molecule has 2 saturated heterocycles. The zero-order valence-electron chi connectivity index (χ0n) is 23.6. The monoisotopic (exact) mass is 593 g/mol. The largest absolute Gasteiger partial charge is 0.460 e. The molecule has 1 aromatic heterocycles. The summed E-state index contributed by atoms with van der Waals surface area (Å²) in [7, 11) is 0. The van der Waals surface area contributed by atoms with E-state index in [0.29, 0.717) is 50.7 Å². The van der Waals surface area contributed by atoms with Crippen LogP contribution in [0.15, 0.2) is 34.7 Å². The molecule has 5 rings (SSSR count). The first-order chi connectivity index (χ1) is 19.6. The second-order valence-electron chi connectivity index (χ2n) is 11.9.